The van der Waals surface area contributed by atoms with Gasteiger partial charge in [-0.25, -0.2) is 19.6 Å². The Labute approximate surface area is 263 Å². The lowest BCUT2D eigenvalue weighted by molar-refractivity contribution is 0.134. The van der Waals surface area contributed by atoms with E-state index in [1.807, 2.05) is 36.6 Å². The molecule has 0 bridgehead atoms. The lowest BCUT2D eigenvalue weighted by Gasteiger charge is -2.25. The maximum atomic E-state index is 14.4. The van der Waals surface area contributed by atoms with E-state index in [2.05, 4.69) is 29.0 Å². The molecule has 0 radical (unpaired) electrons. The summed E-state index contributed by atoms with van der Waals surface area (Å²) in [6.45, 7) is 6.16. The van der Waals surface area contributed by atoms with E-state index in [0.717, 1.165) is 35.1 Å². The molecule has 0 saturated heterocycles. The van der Waals surface area contributed by atoms with E-state index in [1.54, 1.807) is 28.9 Å². The highest BCUT2D eigenvalue weighted by Crippen LogP contribution is 2.51. The molecule has 0 spiro atoms. The van der Waals surface area contributed by atoms with Gasteiger partial charge in [0, 0.05) is 17.5 Å². The first-order chi connectivity index (χ1) is 21.6. The number of nitrogens with two attached hydrogens (primary N) is 1. The highest BCUT2D eigenvalue weighted by Gasteiger charge is 2.49. The number of ether oxygens (including phenoxy) is 1. The van der Waals surface area contributed by atoms with Crippen LogP contribution < -0.4 is 16.0 Å². The summed E-state index contributed by atoms with van der Waals surface area (Å²) < 4.78 is 9.64. The maximum Gasteiger partial charge on any atom is 0.263 e. The molecule has 3 aromatic carbocycles. The first-order valence-electron chi connectivity index (χ1n) is 14.9. The van der Waals surface area contributed by atoms with Crippen molar-refractivity contribution in [1.29, 1.82) is 0 Å². The van der Waals surface area contributed by atoms with E-state index in [1.165, 1.54) is 6.33 Å². The lowest BCUT2D eigenvalue weighted by Crippen LogP contribution is -2.36. The van der Waals surface area contributed by atoms with Crippen molar-refractivity contribution in [3.63, 3.8) is 0 Å². The van der Waals surface area contributed by atoms with E-state index in [4.69, 9.17) is 32.2 Å². The number of hydrogen-bond acceptors (Lipinski definition) is 8. The number of nitrogens with zero attached hydrogens (tertiary/aromatic N) is 6. The maximum absolute atomic E-state index is 14.4. The van der Waals surface area contributed by atoms with Gasteiger partial charge in [0.25, 0.3) is 5.56 Å². The Morgan fingerprint density at radius 3 is 2.62 bits per heavy atom. The molecule has 8 rings (SSSR count). The normalized spacial score (nSPS) is 16.2. The summed E-state index contributed by atoms with van der Waals surface area (Å²) in [7, 11) is 0. The first-order valence-corrected chi connectivity index (χ1v) is 15.2. The molecule has 6 aromatic rings. The molecule has 0 amide bonds. The number of aromatic nitrogens is 6. The van der Waals surface area contributed by atoms with Crippen LogP contribution in [-0.2, 0) is 18.5 Å². The lowest BCUT2D eigenvalue weighted by atomic mass is 9.95. The van der Waals surface area contributed by atoms with Crippen molar-refractivity contribution in [2.24, 2.45) is 0 Å². The Bertz CT molecular complexity index is 2270. The van der Waals surface area contributed by atoms with Gasteiger partial charge in [0.05, 0.1) is 26.9 Å². The number of benzene rings is 3. The van der Waals surface area contributed by atoms with Crippen molar-refractivity contribution in [3.05, 3.63) is 98.8 Å². The number of rotatable bonds is 5. The standard InChI is InChI=1S/C34H30ClN7O3/c1-18-7-4-5-8-21(18)34(13-14-34)42-25(39-23-10-6-9-22(35)26(23)32(42)44)16-41-31-27(30(36)37-17-38-31)28(40-41)19-11-12-24(43)29-20(19)15-33(2,3)45-29/h4-12,17,43H,13-16H2,1-3H3,(H2,36,37,38). The number of hydrogen-bond donors (Lipinski definition) is 2. The van der Waals surface area contributed by atoms with Gasteiger partial charge in [-0.1, -0.05) is 41.9 Å². The monoisotopic (exact) mass is 619 g/mol. The summed E-state index contributed by atoms with van der Waals surface area (Å²) in [6.07, 6.45) is 3.55. The second-order valence-electron chi connectivity index (χ2n) is 12.6. The molecule has 1 aliphatic heterocycles. The van der Waals surface area contributed by atoms with E-state index in [9.17, 15) is 9.90 Å². The highest BCUT2D eigenvalue weighted by molar-refractivity contribution is 6.35. The molecule has 226 valence electrons. The van der Waals surface area contributed by atoms with Crippen LogP contribution in [-0.4, -0.2) is 40.0 Å². The molecule has 0 atom stereocenters. The molecule has 3 N–H and O–H groups in total. The van der Waals surface area contributed by atoms with Gasteiger partial charge in [-0.3, -0.25) is 9.36 Å². The number of aromatic hydroxyl groups is 1. The van der Waals surface area contributed by atoms with Crippen molar-refractivity contribution >= 4 is 39.4 Å². The zero-order chi connectivity index (χ0) is 31.2. The van der Waals surface area contributed by atoms with Crippen molar-refractivity contribution in [2.45, 2.75) is 57.7 Å². The van der Waals surface area contributed by atoms with E-state index >= 15 is 0 Å². The number of anilines is 1. The number of phenolic OH excluding ortho intramolecular Hbond substituents is 1. The molecule has 45 heavy (non-hydrogen) atoms. The number of phenols is 1. The summed E-state index contributed by atoms with van der Waals surface area (Å²) >= 11 is 6.61. The van der Waals surface area contributed by atoms with E-state index in [0.29, 0.717) is 50.6 Å². The van der Waals surface area contributed by atoms with Crippen LogP contribution in [0.25, 0.3) is 33.2 Å². The molecular formula is C34H30ClN7O3. The third kappa shape index (κ3) is 4.12. The van der Waals surface area contributed by atoms with Gasteiger partial charge in [0.2, 0.25) is 0 Å². The van der Waals surface area contributed by atoms with Crippen molar-refractivity contribution in [3.8, 4) is 22.8 Å². The zero-order valence-electron chi connectivity index (χ0n) is 25.0. The third-order valence-corrected chi connectivity index (χ3v) is 9.35. The fourth-order valence-electron chi connectivity index (χ4n) is 6.94. The van der Waals surface area contributed by atoms with Gasteiger partial charge in [-0.2, -0.15) is 5.10 Å². The minimum absolute atomic E-state index is 0.0706. The highest BCUT2D eigenvalue weighted by atomic mass is 35.5. The zero-order valence-corrected chi connectivity index (χ0v) is 25.8. The summed E-state index contributed by atoms with van der Waals surface area (Å²) in [5.74, 6) is 1.31. The molecule has 11 heteroatoms. The molecule has 3 aromatic heterocycles. The number of halogens is 1. The largest absolute Gasteiger partial charge is 0.504 e. The Balaban J connectivity index is 1.36. The van der Waals surface area contributed by atoms with Crippen molar-refractivity contribution < 1.29 is 9.84 Å². The molecule has 1 fully saturated rings. The van der Waals surface area contributed by atoms with Crippen LogP contribution in [0.5, 0.6) is 11.5 Å². The van der Waals surface area contributed by atoms with Crippen LogP contribution in [0.3, 0.4) is 0 Å². The first kappa shape index (κ1) is 27.6. The van der Waals surface area contributed by atoms with E-state index in [-0.39, 0.29) is 23.7 Å². The predicted molar refractivity (Wildman–Crippen MR) is 173 cm³/mol. The smallest absolute Gasteiger partial charge is 0.263 e. The van der Waals surface area contributed by atoms with Gasteiger partial charge >= 0.3 is 0 Å². The van der Waals surface area contributed by atoms with Crippen LogP contribution in [0.2, 0.25) is 5.02 Å². The molecule has 0 unspecified atom stereocenters. The molecule has 1 saturated carbocycles. The summed E-state index contributed by atoms with van der Waals surface area (Å²) in [4.78, 5) is 28.3. The second kappa shape index (κ2) is 9.52. The van der Waals surface area contributed by atoms with Gasteiger partial charge in [-0.05, 0) is 69.0 Å². The Morgan fingerprint density at radius 1 is 1.04 bits per heavy atom. The number of nitrogen functional groups attached to an aromatic ring is 1. The fourth-order valence-corrected chi connectivity index (χ4v) is 7.19. The van der Waals surface area contributed by atoms with Crippen LogP contribution >= 0.6 is 11.6 Å². The molecule has 4 heterocycles. The summed E-state index contributed by atoms with van der Waals surface area (Å²) in [6, 6.07) is 16.9. The summed E-state index contributed by atoms with van der Waals surface area (Å²) in [5.41, 5.74) is 10.6. The second-order valence-corrected chi connectivity index (χ2v) is 13.0. The van der Waals surface area contributed by atoms with Gasteiger partial charge < -0.3 is 15.6 Å². The van der Waals surface area contributed by atoms with Gasteiger partial charge in [0.15, 0.2) is 17.1 Å². The van der Waals surface area contributed by atoms with Crippen molar-refractivity contribution in [1.82, 2.24) is 29.3 Å². The quantitative estimate of drug-likeness (QED) is 0.249. The minimum Gasteiger partial charge on any atom is -0.504 e. The number of aryl methyl sites for hydroxylation is 1. The van der Waals surface area contributed by atoms with Crippen molar-refractivity contribution in [2.75, 3.05) is 5.73 Å². The van der Waals surface area contributed by atoms with Gasteiger partial charge in [-0.15, -0.1) is 0 Å². The fraction of sp³-hybridized carbons (Fsp3) is 0.265. The minimum atomic E-state index is -0.557. The van der Waals surface area contributed by atoms with Gasteiger partial charge in [0.1, 0.15) is 35.8 Å². The Hall–Kier alpha value is -4.96. The van der Waals surface area contributed by atoms with E-state index < -0.39 is 11.1 Å². The third-order valence-electron chi connectivity index (χ3n) is 9.04. The number of fused-ring (bicyclic) bond motifs is 3. The van der Waals surface area contributed by atoms with Crippen LogP contribution in [0, 0.1) is 6.92 Å². The molecule has 10 nitrogen and oxygen atoms in total. The predicted octanol–water partition coefficient (Wildman–Crippen LogP) is 5.75. The molecule has 2 aliphatic rings. The van der Waals surface area contributed by atoms with Crippen LogP contribution in [0.4, 0.5) is 5.82 Å². The Kier molecular flexibility index (Phi) is 5.83. The topological polar surface area (TPSA) is 134 Å². The van der Waals surface area contributed by atoms with Crippen LogP contribution in [0.1, 0.15) is 49.2 Å². The van der Waals surface area contributed by atoms with Crippen LogP contribution in [0.15, 0.2) is 65.7 Å². The average molecular weight is 620 g/mol. The SMILES string of the molecule is Cc1ccccc1C1(n2c(Cn3nc(-c4ccc(O)c5c4CC(C)(C)O5)c4c(N)ncnc43)nc3cccc(Cl)c3c2=O)CC1. The Morgan fingerprint density at radius 2 is 1.84 bits per heavy atom. The summed E-state index contributed by atoms with van der Waals surface area (Å²) in [5, 5.41) is 17.0. The molecular weight excluding hydrogens is 590 g/mol. The average Bonchev–Trinajstić information content (AvgIpc) is 3.59. The molecule has 1 aliphatic carbocycles.